The van der Waals surface area contributed by atoms with Crippen molar-refractivity contribution in [1.29, 1.82) is 0 Å². The van der Waals surface area contributed by atoms with Crippen LogP contribution in [0.3, 0.4) is 0 Å². The average molecular weight is 368 g/mol. The monoisotopic (exact) mass is 368 g/mol. The molecule has 0 fully saturated rings. The molecular formula is C18H16N4OS2. The van der Waals surface area contributed by atoms with Crippen molar-refractivity contribution < 1.29 is 4.52 Å². The van der Waals surface area contributed by atoms with E-state index in [1.165, 1.54) is 0 Å². The third kappa shape index (κ3) is 3.84. The highest BCUT2D eigenvalue weighted by molar-refractivity contribution is 7.13. The fraction of sp³-hybridized carbons (Fsp3) is 0.167. The Morgan fingerprint density at radius 3 is 2.68 bits per heavy atom. The lowest BCUT2D eigenvalue weighted by Gasteiger charge is -2.11. The van der Waals surface area contributed by atoms with Crippen LogP contribution >= 0.6 is 22.7 Å². The third-order valence-corrected chi connectivity index (χ3v) is 5.43. The van der Waals surface area contributed by atoms with Gasteiger partial charge in [-0.25, -0.2) is 4.98 Å². The van der Waals surface area contributed by atoms with Gasteiger partial charge in [-0.1, -0.05) is 41.6 Å². The van der Waals surface area contributed by atoms with E-state index in [1.54, 1.807) is 22.7 Å². The summed E-state index contributed by atoms with van der Waals surface area (Å²) in [6.07, 6.45) is 0. The maximum atomic E-state index is 5.36. The Morgan fingerprint density at radius 1 is 1.00 bits per heavy atom. The molecule has 0 saturated carbocycles. The van der Waals surface area contributed by atoms with Crippen LogP contribution in [0.1, 0.15) is 11.6 Å². The lowest BCUT2D eigenvalue weighted by molar-refractivity contribution is 0.259. The Labute approximate surface area is 153 Å². The summed E-state index contributed by atoms with van der Waals surface area (Å²) in [5, 5.41) is 9.19. The summed E-state index contributed by atoms with van der Waals surface area (Å²) in [4.78, 5) is 12.3. The zero-order valence-corrected chi connectivity index (χ0v) is 15.3. The summed E-state index contributed by atoms with van der Waals surface area (Å²) in [7, 11) is 2.02. The lowest BCUT2D eigenvalue weighted by atomic mass is 10.2. The molecule has 0 N–H and O–H groups in total. The predicted octanol–water partition coefficient (Wildman–Crippen LogP) is 4.55. The number of nitrogens with zero attached hydrogens (tertiary/aromatic N) is 4. The van der Waals surface area contributed by atoms with E-state index in [0.29, 0.717) is 18.3 Å². The largest absolute Gasteiger partial charge is 0.338 e. The number of rotatable bonds is 6. The maximum Gasteiger partial charge on any atom is 0.241 e. The molecule has 3 heterocycles. The fourth-order valence-corrected chi connectivity index (χ4v) is 3.95. The zero-order chi connectivity index (χ0) is 17.1. The molecule has 0 amide bonds. The molecule has 0 aliphatic heterocycles. The molecule has 0 aliphatic carbocycles. The Kier molecular flexibility index (Phi) is 4.69. The van der Waals surface area contributed by atoms with Gasteiger partial charge in [0, 0.05) is 17.5 Å². The average Bonchev–Trinajstić information content (AvgIpc) is 3.37. The van der Waals surface area contributed by atoms with Crippen LogP contribution < -0.4 is 0 Å². The van der Waals surface area contributed by atoms with E-state index in [2.05, 4.69) is 32.6 Å². The lowest BCUT2D eigenvalue weighted by Crippen LogP contribution is -2.17. The van der Waals surface area contributed by atoms with E-state index < -0.39 is 0 Å². The number of hydrogen-bond donors (Lipinski definition) is 0. The Bertz CT molecular complexity index is 931. The minimum Gasteiger partial charge on any atom is -0.338 e. The first-order chi connectivity index (χ1) is 12.3. The highest BCUT2D eigenvalue weighted by Gasteiger charge is 2.13. The number of thiazole rings is 1. The van der Waals surface area contributed by atoms with Crippen LogP contribution in [-0.2, 0) is 13.1 Å². The standard InChI is InChI=1S/C18H16N4OS2/c1-22(11-16-20-17(21-23-16)15-8-5-9-24-15)10-14-12-25-18(19-14)13-6-3-2-4-7-13/h2-9,12H,10-11H2,1H3. The van der Waals surface area contributed by atoms with Crippen LogP contribution in [0.2, 0.25) is 0 Å². The smallest absolute Gasteiger partial charge is 0.241 e. The molecule has 0 saturated heterocycles. The molecule has 0 unspecified atom stereocenters. The molecule has 126 valence electrons. The summed E-state index contributed by atoms with van der Waals surface area (Å²) >= 11 is 3.27. The minimum absolute atomic E-state index is 0.594. The molecule has 3 aromatic heterocycles. The normalized spacial score (nSPS) is 11.3. The number of benzene rings is 1. The Hall–Kier alpha value is -2.35. The van der Waals surface area contributed by atoms with Gasteiger partial charge in [-0.05, 0) is 18.5 Å². The highest BCUT2D eigenvalue weighted by Crippen LogP contribution is 2.24. The van der Waals surface area contributed by atoms with Crippen LogP contribution in [0.5, 0.6) is 0 Å². The van der Waals surface area contributed by atoms with Gasteiger partial charge in [0.05, 0.1) is 17.1 Å². The summed E-state index contributed by atoms with van der Waals surface area (Å²) in [5.41, 5.74) is 2.20. The maximum absolute atomic E-state index is 5.36. The predicted molar refractivity (Wildman–Crippen MR) is 100 cm³/mol. The first-order valence-electron chi connectivity index (χ1n) is 7.83. The first kappa shape index (κ1) is 16.1. The van der Waals surface area contributed by atoms with Gasteiger partial charge in [-0.15, -0.1) is 22.7 Å². The second kappa shape index (κ2) is 7.26. The Balaban J connectivity index is 1.39. The second-order valence-electron chi connectivity index (χ2n) is 5.67. The molecule has 0 radical (unpaired) electrons. The van der Waals surface area contributed by atoms with Crippen molar-refractivity contribution in [2.45, 2.75) is 13.1 Å². The van der Waals surface area contributed by atoms with Gasteiger partial charge in [0.15, 0.2) is 0 Å². The van der Waals surface area contributed by atoms with Gasteiger partial charge in [-0.3, -0.25) is 4.90 Å². The van der Waals surface area contributed by atoms with Gasteiger partial charge >= 0.3 is 0 Å². The summed E-state index contributed by atoms with van der Waals surface area (Å²) in [6, 6.07) is 14.2. The van der Waals surface area contributed by atoms with Crippen molar-refractivity contribution >= 4 is 22.7 Å². The van der Waals surface area contributed by atoms with Gasteiger partial charge < -0.3 is 4.52 Å². The minimum atomic E-state index is 0.594. The van der Waals surface area contributed by atoms with E-state index in [-0.39, 0.29) is 0 Å². The number of thiophene rings is 1. The first-order valence-corrected chi connectivity index (χ1v) is 9.59. The van der Waals surface area contributed by atoms with Gasteiger partial charge in [0.2, 0.25) is 11.7 Å². The molecule has 4 aromatic rings. The topological polar surface area (TPSA) is 55.1 Å². The van der Waals surface area contributed by atoms with Gasteiger partial charge in [0.1, 0.15) is 5.01 Å². The van der Waals surface area contributed by atoms with Crippen LogP contribution in [-0.4, -0.2) is 27.1 Å². The molecule has 4 rings (SSSR count). The Morgan fingerprint density at radius 2 is 1.88 bits per heavy atom. The summed E-state index contributed by atoms with van der Waals surface area (Å²) in [6.45, 7) is 1.33. The van der Waals surface area contributed by atoms with E-state index in [0.717, 1.165) is 27.7 Å². The quantitative estimate of drug-likeness (QED) is 0.500. The molecule has 1 aromatic carbocycles. The van der Waals surface area contributed by atoms with E-state index in [9.17, 15) is 0 Å². The highest BCUT2D eigenvalue weighted by atomic mass is 32.1. The van der Waals surface area contributed by atoms with Crippen molar-refractivity contribution in [2.24, 2.45) is 0 Å². The van der Waals surface area contributed by atoms with E-state index >= 15 is 0 Å². The molecule has 0 aliphatic rings. The number of aromatic nitrogens is 3. The van der Waals surface area contributed by atoms with Gasteiger partial charge in [-0.2, -0.15) is 4.98 Å². The molecule has 0 atom stereocenters. The van der Waals surface area contributed by atoms with Crippen LogP contribution in [0.25, 0.3) is 21.3 Å². The van der Waals surface area contributed by atoms with Crippen LogP contribution in [0.4, 0.5) is 0 Å². The van der Waals surface area contributed by atoms with Crippen molar-refractivity contribution in [3.8, 4) is 21.3 Å². The van der Waals surface area contributed by atoms with Crippen LogP contribution in [0.15, 0.2) is 57.7 Å². The molecule has 25 heavy (non-hydrogen) atoms. The van der Waals surface area contributed by atoms with Crippen molar-refractivity contribution in [3.63, 3.8) is 0 Å². The number of hydrogen-bond acceptors (Lipinski definition) is 7. The molecule has 0 spiro atoms. The van der Waals surface area contributed by atoms with Crippen molar-refractivity contribution in [1.82, 2.24) is 20.0 Å². The van der Waals surface area contributed by atoms with E-state index in [4.69, 9.17) is 9.51 Å². The molecule has 0 bridgehead atoms. The zero-order valence-electron chi connectivity index (χ0n) is 13.6. The fourth-order valence-electron chi connectivity index (χ4n) is 2.48. The van der Waals surface area contributed by atoms with Crippen LogP contribution in [0, 0.1) is 0 Å². The van der Waals surface area contributed by atoms with Gasteiger partial charge in [0.25, 0.3) is 0 Å². The molecule has 7 heteroatoms. The van der Waals surface area contributed by atoms with E-state index in [1.807, 2.05) is 42.8 Å². The molecular weight excluding hydrogens is 352 g/mol. The van der Waals surface area contributed by atoms with Crippen molar-refractivity contribution in [3.05, 3.63) is 64.8 Å². The van der Waals surface area contributed by atoms with Crippen molar-refractivity contribution in [2.75, 3.05) is 7.05 Å². The third-order valence-electron chi connectivity index (χ3n) is 3.62. The summed E-state index contributed by atoms with van der Waals surface area (Å²) < 4.78 is 5.36. The molecule has 5 nitrogen and oxygen atoms in total. The summed E-state index contributed by atoms with van der Waals surface area (Å²) in [5.74, 6) is 1.27. The SMILES string of the molecule is CN(Cc1csc(-c2ccccc2)n1)Cc1nc(-c2cccs2)no1. The second-order valence-corrected chi connectivity index (χ2v) is 7.48.